The van der Waals surface area contributed by atoms with Gasteiger partial charge in [0.25, 0.3) is 5.91 Å². The van der Waals surface area contributed by atoms with Crippen molar-refractivity contribution in [1.82, 2.24) is 9.88 Å². The van der Waals surface area contributed by atoms with E-state index in [1.165, 1.54) is 0 Å². The average molecular weight is 562 g/mol. The van der Waals surface area contributed by atoms with Crippen molar-refractivity contribution in [2.75, 3.05) is 18.4 Å². The topological polar surface area (TPSA) is 105 Å². The number of halogens is 4. The van der Waals surface area contributed by atoms with Crippen LogP contribution in [0, 0.1) is 0 Å². The van der Waals surface area contributed by atoms with Crippen molar-refractivity contribution in [3.05, 3.63) is 89.5 Å². The number of carbonyl (C=O) groups is 2. The summed E-state index contributed by atoms with van der Waals surface area (Å²) in [6.45, 7) is 2.53. The Balaban J connectivity index is 0.000000448. The first-order valence-electron chi connectivity index (χ1n) is 11.8. The third kappa shape index (κ3) is 7.71. The van der Waals surface area contributed by atoms with E-state index in [0.717, 1.165) is 42.7 Å². The zero-order valence-electron chi connectivity index (χ0n) is 20.3. The number of alkyl halides is 3. The SMILES string of the molecule is O=C(Nc1ccc(OC2CCN(Cc3ccco3)C2)c(Cl)c1)c1ccc2ncccc2c1.O=C(O)C(F)(F)F. The highest BCUT2D eigenvalue weighted by molar-refractivity contribution is 6.32. The molecule has 1 saturated heterocycles. The zero-order valence-corrected chi connectivity index (χ0v) is 21.1. The van der Waals surface area contributed by atoms with Crippen molar-refractivity contribution in [1.29, 1.82) is 0 Å². The number of rotatable bonds is 6. The number of hydrogen-bond donors (Lipinski definition) is 2. The first-order chi connectivity index (χ1) is 18.6. The van der Waals surface area contributed by atoms with Gasteiger partial charge in [0, 0.05) is 35.9 Å². The number of aliphatic carboxylic acids is 1. The number of pyridine rings is 1. The first-order valence-corrected chi connectivity index (χ1v) is 12.1. The van der Waals surface area contributed by atoms with Gasteiger partial charge in [-0.15, -0.1) is 0 Å². The van der Waals surface area contributed by atoms with E-state index >= 15 is 0 Å². The van der Waals surface area contributed by atoms with Gasteiger partial charge in [-0.05, 0) is 61.0 Å². The second-order valence-electron chi connectivity index (χ2n) is 8.66. The Bertz CT molecular complexity index is 1450. The molecule has 0 radical (unpaired) electrons. The van der Waals surface area contributed by atoms with Crippen LogP contribution in [-0.2, 0) is 11.3 Å². The second-order valence-corrected chi connectivity index (χ2v) is 9.06. The number of furan rings is 1. The van der Waals surface area contributed by atoms with Crippen LogP contribution in [0.25, 0.3) is 10.9 Å². The predicted molar refractivity (Wildman–Crippen MR) is 138 cm³/mol. The van der Waals surface area contributed by atoms with Crippen LogP contribution in [0.1, 0.15) is 22.5 Å². The molecule has 2 aromatic heterocycles. The van der Waals surface area contributed by atoms with Crippen LogP contribution < -0.4 is 10.1 Å². The van der Waals surface area contributed by atoms with Crippen molar-refractivity contribution >= 4 is 40.1 Å². The molecule has 1 amide bonds. The normalized spacial score (nSPS) is 15.4. The molecule has 8 nitrogen and oxygen atoms in total. The molecule has 5 rings (SSSR count). The molecule has 3 heterocycles. The maximum atomic E-state index is 12.7. The summed E-state index contributed by atoms with van der Waals surface area (Å²) in [6.07, 6.45) is -0.673. The maximum Gasteiger partial charge on any atom is 0.490 e. The van der Waals surface area contributed by atoms with E-state index < -0.39 is 12.1 Å². The summed E-state index contributed by atoms with van der Waals surface area (Å²) in [5, 5.41) is 11.4. The number of nitrogens with zero attached hydrogens (tertiary/aromatic N) is 2. The number of amides is 1. The summed E-state index contributed by atoms with van der Waals surface area (Å²) in [5.74, 6) is -1.39. The molecule has 4 aromatic rings. The molecule has 0 spiro atoms. The highest BCUT2D eigenvalue weighted by atomic mass is 35.5. The molecule has 2 aromatic carbocycles. The number of hydrogen-bond acceptors (Lipinski definition) is 6. The lowest BCUT2D eigenvalue weighted by Gasteiger charge is -2.17. The smallest absolute Gasteiger partial charge is 0.487 e. The van der Waals surface area contributed by atoms with Gasteiger partial charge in [0.15, 0.2) is 0 Å². The Hall–Kier alpha value is -4.09. The quantitative estimate of drug-likeness (QED) is 0.296. The minimum atomic E-state index is -5.08. The Morgan fingerprint density at radius 1 is 1.15 bits per heavy atom. The van der Waals surface area contributed by atoms with Crippen LogP contribution in [0.5, 0.6) is 5.75 Å². The number of carbonyl (C=O) groups excluding carboxylic acids is 1. The minimum absolute atomic E-state index is 0.0640. The molecule has 39 heavy (non-hydrogen) atoms. The lowest BCUT2D eigenvalue weighted by Crippen LogP contribution is -2.24. The molecule has 1 fully saturated rings. The minimum Gasteiger partial charge on any atom is -0.487 e. The van der Waals surface area contributed by atoms with Crippen molar-refractivity contribution in [3.63, 3.8) is 0 Å². The van der Waals surface area contributed by atoms with Crippen molar-refractivity contribution < 1.29 is 37.0 Å². The summed E-state index contributed by atoms with van der Waals surface area (Å²) >= 11 is 6.45. The van der Waals surface area contributed by atoms with Gasteiger partial charge in [0.2, 0.25) is 0 Å². The number of fused-ring (bicyclic) bond motifs is 1. The van der Waals surface area contributed by atoms with E-state index in [2.05, 4.69) is 15.2 Å². The van der Waals surface area contributed by atoms with Gasteiger partial charge in [0.05, 0.1) is 23.3 Å². The second kappa shape index (κ2) is 12.2. The lowest BCUT2D eigenvalue weighted by molar-refractivity contribution is -0.192. The van der Waals surface area contributed by atoms with Crippen molar-refractivity contribution in [2.24, 2.45) is 0 Å². The van der Waals surface area contributed by atoms with E-state index in [1.807, 2.05) is 36.4 Å². The van der Waals surface area contributed by atoms with Crippen LogP contribution in [0.15, 0.2) is 77.5 Å². The molecule has 1 aliphatic rings. The number of carboxylic acid groups (broad SMARTS) is 1. The van der Waals surface area contributed by atoms with Gasteiger partial charge in [0.1, 0.15) is 17.6 Å². The lowest BCUT2D eigenvalue weighted by atomic mass is 10.1. The molecule has 204 valence electrons. The van der Waals surface area contributed by atoms with E-state index in [0.29, 0.717) is 22.0 Å². The molecule has 0 saturated carbocycles. The fraction of sp³-hybridized carbons (Fsp3) is 0.222. The third-order valence-electron chi connectivity index (χ3n) is 5.78. The molecule has 12 heteroatoms. The molecular formula is C27H23ClF3N3O5. The summed E-state index contributed by atoms with van der Waals surface area (Å²) in [7, 11) is 0. The van der Waals surface area contributed by atoms with E-state index in [-0.39, 0.29) is 12.0 Å². The Labute approximate surface area is 226 Å². The molecular weight excluding hydrogens is 539 g/mol. The molecule has 1 atom stereocenters. The summed E-state index contributed by atoms with van der Waals surface area (Å²) in [6, 6.07) is 18.4. The molecule has 2 N–H and O–H groups in total. The Kier molecular flexibility index (Phi) is 8.72. The van der Waals surface area contributed by atoms with Crippen LogP contribution in [0.2, 0.25) is 5.02 Å². The summed E-state index contributed by atoms with van der Waals surface area (Å²) in [5.41, 5.74) is 2.03. The van der Waals surface area contributed by atoms with Crippen LogP contribution in [0.4, 0.5) is 18.9 Å². The van der Waals surface area contributed by atoms with Crippen LogP contribution in [0.3, 0.4) is 0 Å². The fourth-order valence-corrected chi connectivity index (χ4v) is 4.16. The number of aromatic nitrogens is 1. The largest absolute Gasteiger partial charge is 0.490 e. The van der Waals surface area contributed by atoms with Gasteiger partial charge < -0.3 is 19.6 Å². The number of carboxylic acids is 1. The van der Waals surface area contributed by atoms with E-state index in [4.69, 9.17) is 30.7 Å². The number of anilines is 1. The number of nitrogens with one attached hydrogen (secondary N) is 1. The molecule has 1 unspecified atom stereocenters. The highest BCUT2D eigenvalue weighted by Crippen LogP contribution is 2.30. The van der Waals surface area contributed by atoms with Crippen molar-refractivity contribution in [2.45, 2.75) is 25.2 Å². The molecule has 1 aliphatic heterocycles. The summed E-state index contributed by atoms with van der Waals surface area (Å²) in [4.78, 5) is 28.2. The zero-order chi connectivity index (χ0) is 28.0. The maximum absolute atomic E-state index is 12.7. The Morgan fingerprint density at radius 2 is 1.95 bits per heavy atom. The van der Waals surface area contributed by atoms with Crippen LogP contribution in [-0.4, -0.2) is 52.2 Å². The summed E-state index contributed by atoms with van der Waals surface area (Å²) < 4.78 is 43.3. The van der Waals surface area contributed by atoms with Gasteiger partial charge in [-0.2, -0.15) is 13.2 Å². The standard InChI is InChI=1S/C25H22ClN3O3.C2HF3O2/c26-22-14-19(28-25(30)18-5-7-23-17(13-18)3-1-10-27-23)6-8-24(22)32-21-9-11-29(16-21)15-20-4-2-12-31-20;3-2(4,5)1(6)7/h1-8,10,12-14,21H,9,11,15-16H2,(H,28,30);(H,6,7). The monoisotopic (exact) mass is 561 g/mol. The van der Waals surface area contributed by atoms with E-state index in [9.17, 15) is 18.0 Å². The molecule has 0 aliphatic carbocycles. The van der Waals surface area contributed by atoms with Gasteiger partial charge >= 0.3 is 12.1 Å². The number of ether oxygens (including phenoxy) is 1. The first kappa shape index (κ1) is 27.9. The van der Waals surface area contributed by atoms with Crippen molar-refractivity contribution in [3.8, 4) is 5.75 Å². The average Bonchev–Trinajstić information content (AvgIpc) is 3.57. The number of likely N-dealkylation sites (tertiary alicyclic amines) is 1. The van der Waals surface area contributed by atoms with Gasteiger partial charge in [-0.1, -0.05) is 17.7 Å². The van der Waals surface area contributed by atoms with E-state index in [1.54, 1.807) is 36.7 Å². The Morgan fingerprint density at radius 3 is 2.64 bits per heavy atom. The highest BCUT2D eigenvalue weighted by Gasteiger charge is 2.38. The number of benzene rings is 2. The van der Waals surface area contributed by atoms with Gasteiger partial charge in [-0.25, -0.2) is 4.79 Å². The third-order valence-corrected chi connectivity index (χ3v) is 6.08. The van der Waals surface area contributed by atoms with Crippen LogP contribution >= 0.6 is 11.6 Å². The predicted octanol–water partition coefficient (Wildman–Crippen LogP) is 6.02. The molecule has 0 bridgehead atoms. The van der Waals surface area contributed by atoms with Gasteiger partial charge in [-0.3, -0.25) is 14.7 Å². The fourth-order valence-electron chi connectivity index (χ4n) is 3.93.